The van der Waals surface area contributed by atoms with Crippen molar-refractivity contribution in [3.8, 4) is 0 Å². The smallest absolute Gasteiger partial charge is 0.243 e. The lowest BCUT2D eigenvalue weighted by atomic mass is 9.64. The van der Waals surface area contributed by atoms with Crippen molar-refractivity contribution in [3.05, 3.63) is 66.0 Å². The summed E-state index contributed by atoms with van der Waals surface area (Å²) in [4.78, 5) is 16.2. The number of nitrogens with zero attached hydrogens (tertiary/aromatic N) is 1. The highest BCUT2D eigenvalue weighted by atomic mass is 19.1. The first-order valence-corrected chi connectivity index (χ1v) is 9.17. The van der Waals surface area contributed by atoms with Gasteiger partial charge in [-0.2, -0.15) is 0 Å². The molecule has 0 bridgehead atoms. The molecule has 27 heavy (non-hydrogen) atoms. The Morgan fingerprint density at radius 1 is 1.11 bits per heavy atom. The quantitative estimate of drug-likeness (QED) is 0.542. The van der Waals surface area contributed by atoms with Gasteiger partial charge in [0.05, 0.1) is 6.54 Å². The van der Waals surface area contributed by atoms with E-state index in [0.717, 1.165) is 19.4 Å². The van der Waals surface area contributed by atoms with Crippen LogP contribution in [0.3, 0.4) is 0 Å². The molecule has 1 fully saturated rings. The van der Waals surface area contributed by atoms with Crippen molar-refractivity contribution in [1.82, 2.24) is 10.6 Å². The molecule has 0 heterocycles. The fourth-order valence-corrected chi connectivity index (χ4v) is 3.37. The van der Waals surface area contributed by atoms with E-state index >= 15 is 0 Å². The Morgan fingerprint density at radius 3 is 2.52 bits per heavy atom. The van der Waals surface area contributed by atoms with Crippen molar-refractivity contribution in [2.75, 3.05) is 25.5 Å². The van der Waals surface area contributed by atoms with Gasteiger partial charge in [0.15, 0.2) is 5.96 Å². The second-order valence-electron chi connectivity index (χ2n) is 6.84. The van der Waals surface area contributed by atoms with Gasteiger partial charge in [0.1, 0.15) is 5.82 Å². The molecule has 1 aliphatic carbocycles. The van der Waals surface area contributed by atoms with Crippen LogP contribution in [0.1, 0.15) is 24.8 Å². The molecule has 0 aromatic heterocycles. The van der Waals surface area contributed by atoms with Crippen molar-refractivity contribution >= 4 is 17.6 Å². The fourth-order valence-electron chi connectivity index (χ4n) is 3.37. The van der Waals surface area contributed by atoms with Crippen LogP contribution in [0.15, 0.2) is 59.6 Å². The highest BCUT2D eigenvalue weighted by Crippen LogP contribution is 2.43. The number of aliphatic imine (C=N–C) groups is 1. The number of guanidine groups is 1. The van der Waals surface area contributed by atoms with E-state index in [0.29, 0.717) is 11.6 Å². The average molecular weight is 368 g/mol. The number of nitrogens with one attached hydrogen (secondary N) is 3. The number of amides is 1. The third kappa shape index (κ3) is 4.84. The molecule has 3 N–H and O–H groups in total. The zero-order chi connectivity index (χ0) is 19.1. The zero-order valence-corrected chi connectivity index (χ0v) is 15.5. The zero-order valence-electron chi connectivity index (χ0n) is 15.5. The minimum atomic E-state index is -0.384. The van der Waals surface area contributed by atoms with E-state index in [1.807, 2.05) is 6.07 Å². The van der Waals surface area contributed by atoms with E-state index in [4.69, 9.17) is 0 Å². The first kappa shape index (κ1) is 18.9. The van der Waals surface area contributed by atoms with Gasteiger partial charge in [-0.3, -0.25) is 9.79 Å². The van der Waals surface area contributed by atoms with Gasteiger partial charge in [-0.1, -0.05) is 42.8 Å². The summed E-state index contributed by atoms with van der Waals surface area (Å²) in [5.41, 5.74) is 1.90. The molecule has 0 radical (unpaired) electrons. The molecule has 2 aromatic carbocycles. The van der Waals surface area contributed by atoms with Crippen LogP contribution < -0.4 is 16.0 Å². The Kier molecular flexibility index (Phi) is 6.06. The molecule has 0 unspecified atom stereocenters. The summed E-state index contributed by atoms with van der Waals surface area (Å²) in [5, 5.41) is 9.01. The van der Waals surface area contributed by atoms with Crippen LogP contribution in [0.5, 0.6) is 0 Å². The van der Waals surface area contributed by atoms with E-state index in [9.17, 15) is 9.18 Å². The third-order valence-corrected chi connectivity index (χ3v) is 5.04. The number of carbonyl (C=O) groups excluding carboxylic acids is 1. The summed E-state index contributed by atoms with van der Waals surface area (Å²) >= 11 is 0. The van der Waals surface area contributed by atoms with Crippen molar-refractivity contribution in [2.24, 2.45) is 4.99 Å². The van der Waals surface area contributed by atoms with E-state index < -0.39 is 0 Å². The monoisotopic (exact) mass is 368 g/mol. The second kappa shape index (κ2) is 8.66. The van der Waals surface area contributed by atoms with Crippen LogP contribution in [0.25, 0.3) is 0 Å². The SMILES string of the molecule is CN=C(NCC(=O)Nc1cccc(F)c1)NCC1(c2ccccc2)CCC1. The number of hydrogen-bond acceptors (Lipinski definition) is 2. The maximum atomic E-state index is 13.2. The number of halogens is 1. The summed E-state index contributed by atoms with van der Waals surface area (Å²) in [7, 11) is 1.68. The molecule has 0 aliphatic heterocycles. The van der Waals surface area contributed by atoms with E-state index in [-0.39, 0.29) is 23.7 Å². The number of benzene rings is 2. The van der Waals surface area contributed by atoms with Gasteiger partial charge in [0.2, 0.25) is 5.91 Å². The number of hydrogen-bond donors (Lipinski definition) is 3. The van der Waals surface area contributed by atoms with E-state index in [2.05, 4.69) is 45.2 Å². The van der Waals surface area contributed by atoms with Gasteiger partial charge in [-0.15, -0.1) is 0 Å². The van der Waals surface area contributed by atoms with Crippen molar-refractivity contribution in [2.45, 2.75) is 24.7 Å². The molecule has 0 saturated heterocycles. The largest absolute Gasteiger partial charge is 0.356 e. The fraction of sp³-hybridized carbons (Fsp3) is 0.333. The second-order valence-corrected chi connectivity index (χ2v) is 6.84. The highest BCUT2D eigenvalue weighted by Gasteiger charge is 2.38. The summed E-state index contributed by atoms with van der Waals surface area (Å²) < 4.78 is 13.2. The third-order valence-electron chi connectivity index (χ3n) is 5.04. The maximum Gasteiger partial charge on any atom is 0.243 e. The Bertz CT molecular complexity index is 803. The Hall–Kier alpha value is -2.89. The van der Waals surface area contributed by atoms with Gasteiger partial charge in [0, 0.05) is 24.7 Å². The summed E-state index contributed by atoms with van der Waals surface area (Å²) in [6, 6.07) is 16.3. The standard InChI is InChI=1S/C21H25FN4O/c1-23-20(24-14-19(27)26-18-10-5-9-17(22)13-18)25-15-21(11-6-12-21)16-7-3-2-4-8-16/h2-5,7-10,13H,6,11-12,14-15H2,1H3,(H,26,27)(H2,23,24,25). The van der Waals surface area contributed by atoms with Crippen LogP contribution in [-0.2, 0) is 10.2 Å². The Morgan fingerprint density at radius 2 is 1.89 bits per heavy atom. The molecule has 1 aliphatic rings. The van der Waals surface area contributed by atoms with Crippen LogP contribution >= 0.6 is 0 Å². The Balaban J connectivity index is 1.50. The molecule has 0 atom stereocenters. The summed E-state index contributed by atoms with van der Waals surface area (Å²) in [5.74, 6) is -0.0680. The lowest BCUT2D eigenvalue weighted by Crippen LogP contribution is -2.49. The molecule has 0 spiro atoms. The van der Waals surface area contributed by atoms with Crippen molar-refractivity contribution < 1.29 is 9.18 Å². The molecule has 3 rings (SSSR count). The normalized spacial score (nSPS) is 15.6. The minimum absolute atomic E-state index is 0.0501. The van der Waals surface area contributed by atoms with Gasteiger partial charge >= 0.3 is 0 Å². The summed E-state index contributed by atoms with van der Waals surface area (Å²) in [6.07, 6.45) is 3.50. The lowest BCUT2D eigenvalue weighted by molar-refractivity contribution is -0.115. The molecular formula is C21H25FN4O. The van der Waals surface area contributed by atoms with Crippen LogP contribution in [-0.4, -0.2) is 32.0 Å². The molecule has 2 aromatic rings. The first-order chi connectivity index (χ1) is 13.1. The van der Waals surface area contributed by atoms with Crippen molar-refractivity contribution in [1.29, 1.82) is 0 Å². The molecule has 1 amide bonds. The average Bonchev–Trinajstić information content (AvgIpc) is 2.64. The van der Waals surface area contributed by atoms with Gasteiger partial charge in [-0.05, 0) is 36.6 Å². The van der Waals surface area contributed by atoms with Crippen LogP contribution in [0.4, 0.5) is 10.1 Å². The Labute approximate surface area is 159 Å². The van der Waals surface area contributed by atoms with Gasteiger partial charge < -0.3 is 16.0 Å². The number of anilines is 1. The molecule has 1 saturated carbocycles. The molecule has 142 valence electrons. The van der Waals surface area contributed by atoms with Crippen molar-refractivity contribution in [3.63, 3.8) is 0 Å². The maximum absolute atomic E-state index is 13.2. The molecule has 6 heteroatoms. The topological polar surface area (TPSA) is 65.5 Å². The summed E-state index contributed by atoms with van der Waals surface area (Å²) in [6.45, 7) is 0.816. The molecular weight excluding hydrogens is 343 g/mol. The van der Waals surface area contributed by atoms with E-state index in [1.54, 1.807) is 19.2 Å². The number of rotatable bonds is 6. The van der Waals surface area contributed by atoms with Crippen LogP contribution in [0, 0.1) is 5.82 Å². The lowest BCUT2D eigenvalue weighted by Gasteiger charge is -2.43. The van der Waals surface area contributed by atoms with Gasteiger partial charge in [-0.25, -0.2) is 4.39 Å². The van der Waals surface area contributed by atoms with E-state index in [1.165, 1.54) is 24.1 Å². The van der Waals surface area contributed by atoms with Gasteiger partial charge in [0.25, 0.3) is 0 Å². The predicted molar refractivity (Wildman–Crippen MR) is 106 cm³/mol. The van der Waals surface area contributed by atoms with Crippen LogP contribution in [0.2, 0.25) is 0 Å². The molecule has 5 nitrogen and oxygen atoms in total. The number of carbonyl (C=O) groups is 1. The highest BCUT2D eigenvalue weighted by molar-refractivity contribution is 5.94. The first-order valence-electron chi connectivity index (χ1n) is 9.17. The minimum Gasteiger partial charge on any atom is -0.356 e. The predicted octanol–water partition coefficient (Wildman–Crippen LogP) is 3.05.